The first-order valence-corrected chi connectivity index (χ1v) is 5.56. The maximum Gasteiger partial charge on any atom is 0.0668 e. The summed E-state index contributed by atoms with van der Waals surface area (Å²) in [5, 5.41) is 0.968. The third kappa shape index (κ3) is 6.82. The van der Waals surface area contributed by atoms with Gasteiger partial charge in [0, 0.05) is 12.4 Å². The Morgan fingerprint density at radius 1 is 1.27 bits per heavy atom. The second-order valence-corrected chi connectivity index (χ2v) is 3.51. The van der Waals surface area contributed by atoms with Crippen molar-refractivity contribution in [1.82, 2.24) is 0 Å². The number of hydrogen-bond donors (Lipinski definition) is 0. The van der Waals surface area contributed by atoms with Crippen LogP contribution in [0.5, 0.6) is 0 Å². The molecule has 0 saturated heterocycles. The first kappa shape index (κ1) is 11.4. The summed E-state index contributed by atoms with van der Waals surface area (Å²) in [6.45, 7) is 2.23. The number of alkyl halides is 1. The van der Waals surface area contributed by atoms with E-state index in [1.54, 1.807) is 7.11 Å². The van der Waals surface area contributed by atoms with Crippen LogP contribution >= 0.6 is 15.9 Å². The molecule has 0 fully saturated rings. The van der Waals surface area contributed by atoms with Gasteiger partial charge in [0.2, 0.25) is 0 Å². The van der Waals surface area contributed by atoms with E-state index in [2.05, 4.69) is 22.9 Å². The van der Waals surface area contributed by atoms with E-state index in [1.807, 2.05) is 0 Å². The first-order chi connectivity index (χ1) is 5.35. The highest BCUT2D eigenvalue weighted by Crippen LogP contribution is 2.09. The van der Waals surface area contributed by atoms with Gasteiger partial charge in [-0.3, -0.25) is 0 Å². The molecule has 0 aromatic carbocycles. The van der Waals surface area contributed by atoms with Crippen molar-refractivity contribution >= 4 is 15.9 Å². The highest BCUT2D eigenvalue weighted by Gasteiger charge is 2.03. The topological polar surface area (TPSA) is 9.23 Å². The molecule has 0 N–H and O–H groups in total. The van der Waals surface area contributed by atoms with Crippen LogP contribution in [0.3, 0.4) is 0 Å². The maximum atomic E-state index is 5.23. The fourth-order valence-electron chi connectivity index (χ4n) is 1.06. The number of hydrogen-bond acceptors (Lipinski definition) is 1. The van der Waals surface area contributed by atoms with E-state index in [9.17, 15) is 0 Å². The van der Waals surface area contributed by atoms with E-state index in [1.165, 1.54) is 32.1 Å². The van der Waals surface area contributed by atoms with E-state index < -0.39 is 0 Å². The van der Waals surface area contributed by atoms with Gasteiger partial charge in [-0.2, -0.15) is 0 Å². The van der Waals surface area contributed by atoms with Gasteiger partial charge in [-0.15, -0.1) is 0 Å². The van der Waals surface area contributed by atoms with Gasteiger partial charge in [-0.1, -0.05) is 48.5 Å². The Labute approximate surface area is 78.6 Å². The molecule has 0 aromatic heterocycles. The van der Waals surface area contributed by atoms with Crippen molar-refractivity contribution in [3.63, 3.8) is 0 Å². The van der Waals surface area contributed by atoms with Crippen LogP contribution in [0.1, 0.15) is 39.0 Å². The van der Waals surface area contributed by atoms with Crippen LogP contribution in [0.15, 0.2) is 0 Å². The summed E-state index contributed by atoms with van der Waals surface area (Å²) in [7, 11) is 1.78. The van der Waals surface area contributed by atoms with Gasteiger partial charge in [0.05, 0.1) is 6.10 Å². The molecule has 0 radical (unpaired) electrons. The average Bonchev–Trinajstić information content (AvgIpc) is 2.05. The van der Waals surface area contributed by atoms with Crippen molar-refractivity contribution < 1.29 is 4.74 Å². The van der Waals surface area contributed by atoms with Crippen LogP contribution in [-0.4, -0.2) is 18.5 Å². The lowest BCUT2D eigenvalue weighted by Crippen LogP contribution is -2.11. The molecule has 0 aliphatic carbocycles. The maximum absolute atomic E-state index is 5.23. The summed E-state index contributed by atoms with van der Waals surface area (Å²) in [4.78, 5) is 0. The highest BCUT2D eigenvalue weighted by atomic mass is 79.9. The van der Waals surface area contributed by atoms with Crippen molar-refractivity contribution in [3.05, 3.63) is 0 Å². The van der Waals surface area contributed by atoms with Crippen molar-refractivity contribution in [2.45, 2.75) is 45.1 Å². The Kier molecular flexibility index (Phi) is 8.88. The fraction of sp³-hybridized carbons (Fsp3) is 1.00. The van der Waals surface area contributed by atoms with Gasteiger partial charge < -0.3 is 4.74 Å². The van der Waals surface area contributed by atoms with Crippen LogP contribution < -0.4 is 0 Å². The first-order valence-electron chi connectivity index (χ1n) is 4.43. The number of methoxy groups -OCH3 is 1. The van der Waals surface area contributed by atoms with Crippen molar-refractivity contribution in [2.75, 3.05) is 12.4 Å². The standard InChI is InChI=1S/C9H19BrO/c1-3-4-5-6-7-9(8-10)11-2/h9H,3-8H2,1-2H3. The van der Waals surface area contributed by atoms with Gasteiger partial charge in [-0.05, 0) is 6.42 Å². The molecule has 0 aliphatic heterocycles. The van der Waals surface area contributed by atoms with Crippen LogP contribution in [0.2, 0.25) is 0 Å². The largest absolute Gasteiger partial charge is 0.381 e. The van der Waals surface area contributed by atoms with Gasteiger partial charge >= 0.3 is 0 Å². The molecule has 1 atom stereocenters. The molecule has 0 heterocycles. The predicted octanol–water partition coefficient (Wildman–Crippen LogP) is 3.37. The molecule has 0 bridgehead atoms. The quantitative estimate of drug-likeness (QED) is 0.475. The Hall–Kier alpha value is 0.440. The zero-order chi connectivity index (χ0) is 8.53. The van der Waals surface area contributed by atoms with Crippen LogP contribution in [0.4, 0.5) is 0 Å². The van der Waals surface area contributed by atoms with Crippen LogP contribution in [0.25, 0.3) is 0 Å². The minimum absolute atomic E-state index is 0.423. The molecule has 11 heavy (non-hydrogen) atoms. The number of unbranched alkanes of at least 4 members (excludes halogenated alkanes) is 3. The lowest BCUT2D eigenvalue weighted by Gasteiger charge is -2.10. The zero-order valence-electron chi connectivity index (χ0n) is 7.61. The lowest BCUT2D eigenvalue weighted by atomic mass is 10.1. The van der Waals surface area contributed by atoms with E-state index in [0.29, 0.717) is 6.10 Å². The highest BCUT2D eigenvalue weighted by molar-refractivity contribution is 9.09. The molecule has 68 valence electrons. The van der Waals surface area contributed by atoms with Crippen molar-refractivity contribution in [3.8, 4) is 0 Å². The third-order valence-corrected chi connectivity index (χ3v) is 2.61. The average molecular weight is 223 g/mol. The van der Waals surface area contributed by atoms with Gasteiger partial charge in [0.15, 0.2) is 0 Å². The normalized spacial score (nSPS) is 13.4. The van der Waals surface area contributed by atoms with Gasteiger partial charge in [0.25, 0.3) is 0 Å². The zero-order valence-corrected chi connectivity index (χ0v) is 9.19. The molecule has 0 rings (SSSR count). The van der Waals surface area contributed by atoms with E-state index in [0.717, 1.165) is 5.33 Å². The van der Waals surface area contributed by atoms with E-state index >= 15 is 0 Å². The molecule has 1 nitrogen and oxygen atoms in total. The summed E-state index contributed by atoms with van der Waals surface area (Å²) in [5.74, 6) is 0. The van der Waals surface area contributed by atoms with E-state index in [4.69, 9.17) is 4.74 Å². The van der Waals surface area contributed by atoms with E-state index in [-0.39, 0.29) is 0 Å². The molecule has 0 spiro atoms. The predicted molar refractivity (Wildman–Crippen MR) is 53.4 cm³/mol. The number of ether oxygens (including phenoxy) is 1. The summed E-state index contributed by atoms with van der Waals surface area (Å²) < 4.78 is 5.23. The summed E-state index contributed by atoms with van der Waals surface area (Å²) >= 11 is 3.42. The smallest absolute Gasteiger partial charge is 0.0668 e. The minimum Gasteiger partial charge on any atom is -0.381 e. The number of rotatable bonds is 7. The Bertz CT molecular complexity index is 72.0. The monoisotopic (exact) mass is 222 g/mol. The molecule has 0 amide bonds. The van der Waals surface area contributed by atoms with Gasteiger partial charge in [-0.25, -0.2) is 0 Å². The molecular weight excluding hydrogens is 204 g/mol. The summed E-state index contributed by atoms with van der Waals surface area (Å²) in [5.41, 5.74) is 0. The summed E-state index contributed by atoms with van der Waals surface area (Å²) in [6.07, 6.45) is 6.94. The molecule has 0 aromatic rings. The van der Waals surface area contributed by atoms with Crippen LogP contribution in [0, 0.1) is 0 Å². The van der Waals surface area contributed by atoms with Crippen LogP contribution in [-0.2, 0) is 4.74 Å². The third-order valence-electron chi connectivity index (χ3n) is 1.89. The number of halogens is 1. The Balaban J connectivity index is 3.07. The lowest BCUT2D eigenvalue weighted by molar-refractivity contribution is 0.113. The Morgan fingerprint density at radius 3 is 2.45 bits per heavy atom. The molecule has 0 saturated carbocycles. The Morgan fingerprint density at radius 2 is 2.00 bits per heavy atom. The molecule has 1 unspecified atom stereocenters. The SMILES string of the molecule is CCCCCCC(CBr)OC. The van der Waals surface area contributed by atoms with Gasteiger partial charge in [0.1, 0.15) is 0 Å². The minimum atomic E-state index is 0.423. The molecular formula is C9H19BrO. The fourth-order valence-corrected chi connectivity index (χ4v) is 1.64. The second-order valence-electron chi connectivity index (χ2n) is 2.86. The molecule has 0 aliphatic rings. The van der Waals surface area contributed by atoms with Crippen molar-refractivity contribution in [2.24, 2.45) is 0 Å². The van der Waals surface area contributed by atoms with Crippen molar-refractivity contribution in [1.29, 1.82) is 0 Å². The summed E-state index contributed by atoms with van der Waals surface area (Å²) in [6, 6.07) is 0. The molecule has 2 heteroatoms. The second kappa shape index (κ2) is 8.54.